The summed E-state index contributed by atoms with van der Waals surface area (Å²) in [6.07, 6.45) is 1.62. The van der Waals surface area contributed by atoms with Crippen LogP contribution >= 0.6 is 0 Å². The van der Waals surface area contributed by atoms with Crippen LogP contribution in [0.3, 0.4) is 0 Å². The summed E-state index contributed by atoms with van der Waals surface area (Å²) in [6.45, 7) is 1.51. The van der Waals surface area contributed by atoms with Gasteiger partial charge >= 0.3 is 5.97 Å². The van der Waals surface area contributed by atoms with Crippen LogP contribution in [0.4, 0.5) is 0 Å². The molecular weight excluding hydrogens is 518 g/mol. The Morgan fingerprint density at radius 1 is 1.05 bits per heavy atom. The van der Waals surface area contributed by atoms with E-state index in [0.717, 1.165) is 17.5 Å². The molecule has 1 unspecified atom stereocenters. The van der Waals surface area contributed by atoms with Crippen LogP contribution in [0.1, 0.15) is 40.5 Å². The second kappa shape index (κ2) is 11.3. The van der Waals surface area contributed by atoms with Gasteiger partial charge in [0.15, 0.2) is 22.7 Å². The molecule has 0 saturated heterocycles. The van der Waals surface area contributed by atoms with Gasteiger partial charge in [0.1, 0.15) is 11.3 Å². The number of benzene rings is 2. The van der Waals surface area contributed by atoms with Gasteiger partial charge in [0, 0.05) is 24.7 Å². The van der Waals surface area contributed by atoms with Gasteiger partial charge in [-0.25, -0.2) is 0 Å². The minimum absolute atomic E-state index is 0.0626. The minimum Gasteiger partial charge on any atom is -0.502 e. The highest BCUT2D eigenvalue weighted by Gasteiger charge is 2.30. The van der Waals surface area contributed by atoms with Crippen LogP contribution in [-0.2, 0) is 29.0 Å². The summed E-state index contributed by atoms with van der Waals surface area (Å²) in [4.78, 5) is 40.7. The number of nitrogens with zero attached hydrogens (tertiary/aromatic N) is 1. The van der Waals surface area contributed by atoms with Crippen LogP contribution in [0.5, 0.6) is 17.2 Å². The van der Waals surface area contributed by atoms with Gasteiger partial charge in [-0.15, -0.1) is 0 Å². The zero-order valence-corrected chi connectivity index (χ0v) is 22.4. The topological polar surface area (TPSA) is 129 Å². The summed E-state index contributed by atoms with van der Waals surface area (Å²) < 4.78 is 27.4. The fraction of sp³-hybridized carbons (Fsp3) is 0.300. The Morgan fingerprint density at radius 3 is 2.50 bits per heavy atom. The van der Waals surface area contributed by atoms with Crippen molar-refractivity contribution < 1.29 is 32.9 Å². The second-order valence-electron chi connectivity index (χ2n) is 9.58. The zero-order chi connectivity index (χ0) is 28.4. The van der Waals surface area contributed by atoms with Crippen LogP contribution in [0, 0.1) is 0 Å². The largest absolute Gasteiger partial charge is 0.502 e. The van der Waals surface area contributed by atoms with Gasteiger partial charge in [0.05, 0.1) is 51.9 Å². The number of carbonyl (C=O) groups is 1. The van der Waals surface area contributed by atoms with Crippen LogP contribution < -0.4 is 20.3 Å². The van der Waals surface area contributed by atoms with Crippen molar-refractivity contribution in [1.29, 1.82) is 0 Å². The van der Waals surface area contributed by atoms with Crippen molar-refractivity contribution in [2.45, 2.75) is 31.8 Å². The Morgan fingerprint density at radius 2 is 1.77 bits per heavy atom. The number of hydrogen-bond acceptors (Lipinski definition) is 10. The number of aromatic hydroxyl groups is 1. The first-order chi connectivity index (χ1) is 19.3. The van der Waals surface area contributed by atoms with Crippen molar-refractivity contribution in [3.8, 4) is 17.2 Å². The van der Waals surface area contributed by atoms with Crippen molar-refractivity contribution in [3.05, 3.63) is 97.4 Å². The molecule has 1 N–H and O–H groups in total. The van der Waals surface area contributed by atoms with E-state index >= 15 is 0 Å². The molecule has 0 fully saturated rings. The first-order valence-electron chi connectivity index (χ1n) is 12.7. The molecule has 5 rings (SSSR count). The van der Waals surface area contributed by atoms with E-state index in [0.29, 0.717) is 35.6 Å². The Hall–Kier alpha value is -4.57. The molecule has 208 valence electrons. The molecule has 2 aromatic heterocycles. The quantitative estimate of drug-likeness (QED) is 0.326. The predicted octanol–water partition coefficient (Wildman–Crippen LogP) is 3.72. The van der Waals surface area contributed by atoms with Crippen molar-refractivity contribution >= 4 is 16.9 Å². The normalized spacial score (nSPS) is 14.0. The number of esters is 1. The standard InChI is InChI=1S/C30H29NO9/c1-36-25-10-17-8-9-31(14-18(17)11-26(25)37-2)15-19-12-23(32)29(35)30(40-19)21(13-27(33)38-3)22-16-39-24-7-5-4-6-20(24)28(22)34/h4-7,10-12,16,21,35H,8-9,13-15H2,1-3H3. The third-order valence-electron chi connectivity index (χ3n) is 7.17. The molecule has 0 amide bonds. The van der Waals surface area contributed by atoms with Gasteiger partial charge in [-0.3, -0.25) is 19.3 Å². The van der Waals surface area contributed by atoms with Gasteiger partial charge in [-0.2, -0.15) is 0 Å². The Bertz CT molecular complexity index is 1690. The summed E-state index contributed by atoms with van der Waals surface area (Å²) in [5.74, 6) is -1.06. The maximum absolute atomic E-state index is 13.4. The lowest BCUT2D eigenvalue weighted by molar-refractivity contribution is -0.140. The molecule has 10 nitrogen and oxygen atoms in total. The fourth-order valence-corrected chi connectivity index (χ4v) is 5.09. The molecule has 4 aromatic rings. The van der Waals surface area contributed by atoms with E-state index in [1.807, 2.05) is 12.1 Å². The van der Waals surface area contributed by atoms with Crippen LogP contribution in [-0.4, -0.2) is 43.8 Å². The molecule has 0 radical (unpaired) electrons. The smallest absolute Gasteiger partial charge is 0.306 e. The van der Waals surface area contributed by atoms with E-state index in [2.05, 4.69) is 4.90 Å². The van der Waals surface area contributed by atoms with Crippen LogP contribution in [0.25, 0.3) is 11.0 Å². The SMILES string of the molecule is COC(=O)CC(c1oc(CN2CCc3cc(OC)c(OC)cc3C2)cc(=O)c1O)c1coc2ccccc2c1=O. The van der Waals surface area contributed by atoms with Gasteiger partial charge in [0.2, 0.25) is 11.2 Å². The summed E-state index contributed by atoms with van der Waals surface area (Å²) in [5, 5.41) is 11.1. The molecule has 0 bridgehead atoms. The highest BCUT2D eigenvalue weighted by Crippen LogP contribution is 2.35. The van der Waals surface area contributed by atoms with E-state index in [1.54, 1.807) is 38.5 Å². The van der Waals surface area contributed by atoms with Crippen LogP contribution in [0.2, 0.25) is 0 Å². The number of carbonyl (C=O) groups excluding carboxylic acids is 1. The molecule has 2 aromatic carbocycles. The average molecular weight is 548 g/mol. The van der Waals surface area contributed by atoms with E-state index in [9.17, 15) is 19.5 Å². The summed E-state index contributed by atoms with van der Waals surface area (Å²) in [5.41, 5.74) is 1.55. The summed E-state index contributed by atoms with van der Waals surface area (Å²) >= 11 is 0. The highest BCUT2D eigenvalue weighted by atomic mass is 16.5. The molecule has 1 aliphatic rings. The van der Waals surface area contributed by atoms with E-state index < -0.39 is 28.5 Å². The van der Waals surface area contributed by atoms with E-state index in [4.69, 9.17) is 23.0 Å². The van der Waals surface area contributed by atoms with Crippen molar-refractivity contribution in [2.75, 3.05) is 27.9 Å². The third-order valence-corrected chi connectivity index (χ3v) is 7.17. The molecule has 0 saturated carbocycles. The summed E-state index contributed by atoms with van der Waals surface area (Å²) in [6, 6.07) is 11.8. The van der Waals surface area contributed by atoms with Gasteiger partial charge < -0.3 is 28.2 Å². The lowest BCUT2D eigenvalue weighted by Crippen LogP contribution is -2.30. The number of fused-ring (bicyclic) bond motifs is 2. The van der Waals surface area contributed by atoms with Gasteiger partial charge in [-0.1, -0.05) is 12.1 Å². The monoisotopic (exact) mass is 547 g/mol. The van der Waals surface area contributed by atoms with E-state index in [-0.39, 0.29) is 30.0 Å². The van der Waals surface area contributed by atoms with E-state index in [1.165, 1.54) is 19.4 Å². The Labute approximate surface area is 229 Å². The van der Waals surface area contributed by atoms with Crippen molar-refractivity contribution in [3.63, 3.8) is 0 Å². The molecular formula is C30H29NO9. The molecule has 1 atom stereocenters. The molecule has 0 spiro atoms. The molecule has 1 aliphatic heterocycles. The van der Waals surface area contributed by atoms with Gasteiger partial charge in [-0.05, 0) is 41.8 Å². The first kappa shape index (κ1) is 27.0. The molecule has 10 heteroatoms. The number of ether oxygens (including phenoxy) is 3. The van der Waals surface area contributed by atoms with Gasteiger partial charge in [0.25, 0.3) is 0 Å². The fourth-order valence-electron chi connectivity index (χ4n) is 5.09. The number of methoxy groups -OCH3 is 3. The van der Waals surface area contributed by atoms with Crippen LogP contribution in [0.15, 0.2) is 67.2 Å². The van der Waals surface area contributed by atoms with Crippen molar-refractivity contribution in [2.24, 2.45) is 0 Å². The molecule has 3 heterocycles. The minimum atomic E-state index is -1.11. The molecule has 40 heavy (non-hydrogen) atoms. The summed E-state index contributed by atoms with van der Waals surface area (Å²) in [7, 11) is 4.39. The Balaban J connectivity index is 1.51. The number of rotatable bonds is 8. The Kier molecular flexibility index (Phi) is 7.61. The molecule has 0 aliphatic carbocycles. The lowest BCUT2D eigenvalue weighted by Gasteiger charge is -2.29. The second-order valence-corrected chi connectivity index (χ2v) is 9.58. The maximum Gasteiger partial charge on any atom is 0.306 e. The third kappa shape index (κ3) is 5.17. The predicted molar refractivity (Wildman–Crippen MR) is 145 cm³/mol. The maximum atomic E-state index is 13.4. The zero-order valence-electron chi connectivity index (χ0n) is 22.4. The first-order valence-corrected chi connectivity index (χ1v) is 12.7. The number of hydrogen-bond donors (Lipinski definition) is 1. The average Bonchev–Trinajstić information content (AvgIpc) is 2.97. The highest BCUT2D eigenvalue weighted by molar-refractivity contribution is 5.77. The lowest BCUT2D eigenvalue weighted by atomic mass is 9.92. The number of para-hydroxylation sites is 1. The van der Waals surface area contributed by atoms with Crippen molar-refractivity contribution in [1.82, 2.24) is 4.90 Å².